The van der Waals surface area contributed by atoms with E-state index in [9.17, 15) is 4.79 Å². The molecule has 0 bridgehead atoms. The Balaban J connectivity index is 2.47. The van der Waals surface area contributed by atoms with Crippen molar-refractivity contribution < 1.29 is 14.3 Å². The molecule has 112 valence electrons. The van der Waals surface area contributed by atoms with Gasteiger partial charge < -0.3 is 20.5 Å². The molecule has 0 saturated carbocycles. The summed E-state index contributed by atoms with van der Waals surface area (Å²) < 4.78 is 11.3. The molecule has 3 atom stereocenters. The van der Waals surface area contributed by atoms with E-state index in [-0.39, 0.29) is 11.9 Å². The van der Waals surface area contributed by atoms with Crippen molar-refractivity contribution in [3.63, 3.8) is 0 Å². The summed E-state index contributed by atoms with van der Waals surface area (Å²) in [4.78, 5) is 12.0. The van der Waals surface area contributed by atoms with Gasteiger partial charge in [-0.05, 0) is 33.1 Å². The fourth-order valence-electron chi connectivity index (χ4n) is 2.42. The maximum absolute atomic E-state index is 12.0. The molecule has 0 spiro atoms. The van der Waals surface area contributed by atoms with Crippen LogP contribution in [0.15, 0.2) is 0 Å². The Morgan fingerprint density at radius 2 is 2.26 bits per heavy atom. The zero-order chi connectivity index (χ0) is 14.3. The maximum atomic E-state index is 12.0. The van der Waals surface area contributed by atoms with Crippen LogP contribution in [-0.2, 0) is 14.3 Å². The van der Waals surface area contributed by atoms with Gasteiger partial charge in [0.2, 0.25) is 5.91 Å². The van der Waals surface area contributed by atoms with Gasteiger partial charge >= 0.3 is 0 Å². The Morgan fingerprint density at radius 3 is 2.79 bits per heavy atom. The van der Waals surface area contributed by atoms with Crippen LogP contribution in [0.1, 0.15) is 46.5 Å². The summed E-state index contributed by atoms with van der Waals surface area (Å²) in [6.45, 7) is 7.50. The molecule has 1 saturated heterocycles. The molecule has 1 fully saturated rings. The predicted molar refractivity (Wildman–Crippen MR) is 74.9 cm³/mol. The molecule has 1 aliphatic rings. The van der Waals surface area contributed by atoms with E-state index >= 15 is 0 Å². The van der Waals surface area contributed by atoms with Gasteiger partial charge in [-0.3, -0.25) is 4.79 Å². The van der Waals surface area contributed by atoms with Gasteiger partial charge in [0.25, 0.3) is 0 Å². The number of hydrogen-bond acceptors (Lipinski definition) is 4. The number of carbonyl (C=O) groups is 1. The number of ether oxygens (including phenoxy) is 2. The highest BCUT2D eigenvalue weighted by atomic mass is 16.6. The van der Waals surface area contributed by atoms with Crippen molar-refractivity contribution in [2.75, 3.05) is 19.8 Å². The second kappa shape index (κ2) is 7.82. The van der Waals surface area contributed by atoms with Crippen LogP contribution < -0.4 is 11.1 Å². The first-order chi connectivity index (χ1) is 9.03. The maximum Gasteiger partial charge on any atom is 0.249 e. The van der Waals surface area contributed by atoms with E-state index < -0.39 is 11.7 Å². The van der Waals surface area contributed by atoms with Crippen LogP contribution >= 0.6 is 0 Å². The van der Waals surface area contributed by atoms with E-state index in [0.717, 1.165) is 32.3 Å². The zero-order valence-corrected chi connectivity index (χ0v) is 12.4. The van der Waals surface area contributed by atoms with Crippen LogP contribution in [0.4, 0.5) is 0 Å². The molecule has 1 heterocycles. The van der Waals surface area contributed by atoms with Gasteiger partial charge in [0.05, 0.1) is 6.61 Å². The van der Waals surface area contributed by atoms with Crippen molar-refractivity contribution in [3.05, 3.63) is 0 Å². The van der Waals surface area contributed by atoms with E-state index in [2.05, 4.69) is 12.2 Å². The third-order valence-electron chi connectivity index (χ3n) is 3.56. The third kappa shape index (κ3) is 5.09. The van der Waals surface area contributed by atoms with Crippen molar-refractivity contribution in [2.45, 2.75) is 64.2 Å². The highest BCUT2D eigenvalue weighted by Crippen LogP contribution is 2.24. The van der Waals surface area contributed by atoms with E-state index in [1.165, 1.54) is 0 Å². The fourth-order valence-corrected chi connectivity index (χ4v) is 2.42. The van der Waals surface area contributed by atoms with Gasteiger partial charge in [0.1, 0.15) is 11.7 Å². The number of nitrogens with one attached hydrogen (secondary N) is 1. The molecule has 0 aliphatic carbocycles. The first kappa shape index (κ1) is 16.4. The number of hydrogen-bond donors (Lipinski definition) is 2. The fraction of sp³-hybridized carbons (Fsp3) is 0.929. The smallest absolute Gasteiger partial charge is 0.249 e. The second-order valence-electron chi connectivity index (χ2n) is 5.50. The Morgan fingerprint density at radius 1 is 1.53 bits per heavy atom. The molecule has 0 aromatic heterocycles. The first-order valence-corrected chi connectivity index (χ1v) is 7.29. The van der Waals surface area contributed by atoms with E-state index in [1.54, 1.807) is 6.92 Å². The largest absolute Gasteiger partial charge is 0.378 e. The summed E-state index contributed by atoms with van der Waals surface area (Å²) in [5.41, 5.74) is 5.30. The Labute approximate surface area is 116 Å². The molecule has 1 amide bonds. The van der Waals surface area contributed by atoms with Gasteiger partial charge in [0, 0.05) is 19.2 Å². The molecule has 0 radical (unpaired) electrons. The van der Waals surface area contributed by atoms with Crippen molar-refractivity contribution >= 4 is 5.91 Å². The van der Waals surface area contributed by atoms with Gasteiger partial charge in [-0.15, -0.1) is 0 Å². The molecule has 1 rings (SSSR count). The average Bonchev–Trinajstić information content (AvgIpc) is 2.40. The van der Waals surface area contributed by atoms with Crippen LogP contribution in [0, 0.1) is 0 Å². The minimum absolute atomic E-state index is 0.0700. The van der Waals surface area contributed by atoms with Crippen molar-refractivity contribution in [3.8, 4) is 0 Å². The molecular weight excluding hydrogens is 244 g/mol. The average molecular weight is 272 g/mol. The minimum Gasteiger partial charge on any atom is -0.378 e. The lowest BCUT2D eigenvalue weighted by Gasteiger charge is -2.37. The van der Waals surface area contributed by atoms with Crippen molar-refractivity contribution in [1.29, 1.82) is 0 Å². The van der Waals surface area contributed by atoms with Crippen LogP contribution in [0.2, 0.25) is 0 Å². The van der Waals surface area contributed by atoms with Gasteiger partial charge in [-0.2, -0.15) is 0 Å². The summed E-state index contributed by atoms with van der Waals surface area (Å²) in [5, 5.41) is 2.97. The summed E-state index contributed by atoms with van der Waals surface area (Å²) in [5.74, 6) is -0.0700. The van der Waals surface area contributed by atoms with E-state index in [4.69, 9.17) is 15.2 Å². The predicted octanol–water partition coefficient (Wildman–Crippen LogP) is 1.20. The lowest BCUT2D eigenvalue weighted by atomic mass is 9.96. The molecule has 19 heavy (non-hydrogen) atoms. The highest BCUT2D eigenvalue weighted by Gasteiger charge is 2.35. The van der Waals surface area contributed by atoms with Crippen LogP contribution in [-0.4, -0.2) is 43.4 Å². The second-order valence-corrected chi connectivity index (χ2v) is 5.50. The third-order valence-corrected chi connectivity index (χ3v) is 3.56. The first-order valence-electron chi connectivity index (χ1n) is 7.29. The van der Waals surface area contributed by atoms with Gasteiger partial charge in [-0.1, -0.05) is 13.3 Å². The number of amides is 1. The van der Waals surface area contributed by atoms with Crippen molar-refractivity contribution in [1.82, 2.24) is 5.32 Å². The normalized spacial score (nSPS) is 26.7. The standard InChI is InChI=1S/C14H28N2O3/c1-4-6-11(2)16-13(17)12(3)19-14(9-15)7-5-8-18-10-14/h11-12H,4-10,15H2,1-3H3,(H,16,17). The monoisotopic (exact) mass is 272 g/mol. The summed E-state index contributed by atoms with van der Waals surface area (Å²) in [6.07, 6.45) is 3.31. The minimum atomic E-state index is -0.497. The molecule has 5 nitrogen and oxygen atoms in total. The number of rotatable bonds is 7. The highest BCUT2D eigenvalue weighted by molar-refractivity contribution is 5.80. The Kier molecular flexibility index (Phi) is 6.75. The summed E-state index contributed by atoms with van der Waals surface area (Å²) in [6, 6.07) is 0.181. The topological polar surface area (TPSA) is 73.6 Å². The van der Waals surface area contributed by atoms with Crippen LogP contribution in [0.3, 0.4) is 0 Å². The number of carbonyl (C=O) groups excluding carboxylic acids is 1. The molecule has 3 unspecified atom stereocenters. The van der Waals surface area contributed by atoms with Crippen LogP contribution in [0.5, 0.6) is 0 Å². The van der Waals surface area contributed by atoms with E-state index in [1.807, 2.05) is 6.92 Å². The SMILES string of the molecule is CCCC(C)NC(=O)C(C)OC1(CN)CCCOC1. The lowest BCUT2D eigenvalue weighted by Crippen LogP contribution is -2.52. The molecule has 0 aromatic carbocycles. The zero-order valence-electron chi connectivity index (χ0n) is 12.4. The molecular formula is C14H28N2O3. The molecule has 5 heteroatoms. The number of nitrogens with two attached hydrogens (primary N) is 1. The summed E-state index contributed by atoms with van der Waals surface area (Å²) in [7, 11) is 0. The molecule has 1 aliphatic heterocycles. The Hall–Kier alpha value is -0.650. The van der Waals surface area contributed by atoms with E-state index in [0.29, 0.717) is 13.2 Å². The van der Waals surface area contributed by atoms with Gasteiger partial charge in [-0.25, -0.2) is 0 Å². The Bertz CT molecular complexity index is 278. The quantitative estimate of drug-likeness (QED) is 0.730. The van der Waals surface area contributed by atoms with Crippen LogP contribution in [0.25, 0.3) is 0 Å². The molecule has 3 N–H and O–H groups in total. The lowest BCUT2D eigenvalue weighted by molar-refractivity contribution is -0.165. The summed E-state index contributed by atoms with van der Waals surface area (Å²) >= 11 is 0. The molecule has 0 aromatic rings. The van der Waals surface area contributed by atoms with Crippen molar-refractivity contribution in [2.24, 2.45) is 5.73 Å². The van der Waals surface area contributed by atoms with Gasteiger partial charge in [0.15, 0.2) is 0 Å².